The maximum Gasteiger partial charge on any atom is 0.130 e. The third-order valence-electron chi connectivity index (χ3n) is 3.02. The molecule has 0 unspecified atom stereocenters. The van der Waals surface area contributed by atoms with Gasteiger partial charge in [-0.25, -0.2) is 0 Å². The van der Waals surface area contributed by atoms with E-state index in [1.807, 2.05) is 6.92 Å². The zero-order valence-corrected chi connectivity index (χ0v) is 12.1. The Hall–Kier alpha value is -0.800. The number of furan rings is 1. The van der Waals surface area contributed by atoms with Crippen LogP contribution in [-0.4, -0.2) is 13.2 Å². The summed E-state index contributed by atoms with van der Waals surface area (Å²) < 4.78 is 11.3. The largest absolute Gasteiger partial charge is 0.464 e. The smallest absolute Gasteiger partial charge is 0.130 e. The predicted molar refractivity (Wildman–Crippen MR) is 74.6 cm³/mol. The van der Waals surface area contributed by atoms with Crippen LogP contribution in [0.15, 0.2) is 10.5 Å². The highest BCUT2D eigenvalue weighted by Crippen LogP contribution is 2.15. The summed E-state index contributed by atoms with van der Waals surface area (Å²) in [5.41, 5.74) is 1.24. The van der Waals surface area contributed by atoms with E-state index in [9.17, 15) is 0 Å². The van der Waals surface area contributed by atoms with Gasteiger partial charge in [0, 0.05) is 18.7 Å². The van der Waals surface area contributed by atoms with Crippen molar-refractivity contribution in [3.8, 4) is 0 Å². The van der Waals surface area contributed by atoms with Crippen LogP contribution in [0, 0.1) is 6.92 Å². The van der Waals surface area contributed by atoms with Gasteiger partial charge in [-0.2, -0.15) is 0 Å². The zero-order valence-electron chi connectivity index (χ0n) is 12.1. The summed E-state index contributed by atoms with van der Waals surface area (Å²) in [7, 11) is 0. The van der Waals surface area contributed by atoms with Gasteiger partial charge in [0.1, 0.15) is 18.1 Å². The first kappa shape index (κ1) is 15.3. The summed E-state index contributed by atoms with van der Waals surface area (Å²) in [6, 6.07) is 2.10. The third kappa shape index (κ3) is 5.69. The van der Waals surface area contributed by atoms with Gasteiger partial charge < -0.3 is 14.5 Å². The molecule has 0 aliphatic carbocycles. The van der Waals surface area contributed by atoms with Crippen LogP contribution in [0.2, 0.25) is 0 Å². The lowest BCUT2D eigenvalue weighted by Gasteiger charge is -2.01. The molecule has 1 aromatic heterocycles. The topological polar surface area (TPSA) is 34.4 Å². The lowest BCUT2D eigenvalue weighted by molar-refractivity contribution is 0.102. The molecular weight excluding hydrogens is 226 g/mol. The minimum Gasteiger partial charge on any atom is -0.464 e. The molecule has 1 rings (SSSR count). The van der Waals surface area contributed by atoms with Crippen molar-refractivity contribution in [3.63, 3.8) is 0 Å². The number of unbranched alkanes of at least 4 members (excludes halogenated alkanes) is 3. The minimum absolute atomic E-state index is 0.596. The average molecular weight is 253 g/mol. The molecule has 0 bridgehead atoms. The standard InChI is InChI=1S/C15H27NO2/c1-4-6-7-8-9-17-12-15-10-14(11-16-5-2)13(3)18-15/h10,16H,4-9,11-12H2,1-3H3. The summed E-state index contributed by atoms with van der Waals surface area (Å²) in [5.74, 6) is 1.94. The third-order valence-corrected chi connectivity index (χ3v) is 3.02. The molecule has 104 valence electrons. The molecule has 1 heterocycles. The summed E-state index contributed by atoms with van der Waals surface area (Å²) in [4.78, 5) is 0. The van der Waals surface area contributed by atoms with Gasteiger partial charge in [0.15, 0.2) is 0 Å². The molecule has 0 aliphatic heterocycles. The van der Waals surface area contributed by atoms with E-state index in [0.29, 0.717) is 6.61 Å². The fourth-order valence-corrected chi connectivity index (χ4v) is 1.90. The predicted octanol–water partition coefficient (Wildman–Crippen LogP) is 3.79. The molecule has 3 heteroatoms. The molecule has 3 nitrogen and oxygen atoms in total. The Kier molecular flexibility index (Phi) is 7.78. The van der Waals surface area contributed by atoms with Gasteiger partial charge in [0.2, 0.25) is 0 Å². The van der Waals surface area contributed by atoms with Crippen molar-refractivity contribution in [3.05, 3.63) is 23.2 Å². The number of aryl methyl sites for hydroxylation is 1. The summed E-state index contributed by atoms with van der Waals surface area (Å²) in [6.45, 7) is 9.63. The van der Waals surface area contributed by atoms with Crippen molar-refractivity contribution in [1.82, 2.24) is 5.32 Å². The normalized spacial score (nSPS) is 11.1. The van der Waals surface area contributed by atoms with Crippen LogP contribution in [0.3, 0.4) is 0 Å². The van der Waals surface area contributed by atoms with E-state index in [-0.39, 0.29) is 0 Å². The summed E-state index contributed by atoms with van der Waals surface area (Å²) in [6.07, 6.45) is 4.98. The van der Waals surface area contributed by atoms with Gasteiger partial charge in [0.05, 0.1) is 0 Å². The fourth-order valence-electron chi connectivity index (χ4n) is 1.90. The summed E-state index contributed by atoms with van der Waals surface area (Å²) >= 11 is 0. The van der Waals surface area contributed by atoms with Crippen molar-refractivity contribution >= 4 is 0 Å². The molecule has 0 fully saturated rings. The lowest BCUT2D eigenvalue weighted by Crippen LogP contribution is -2.11. The van der Waals surface area contributed by atoms with Crippen LogP contribution in [0.25, 0.3) is 0 Å². The molecule has 0 atom stereocenters. The van der Waals surface area contributed by atoms with Crippen LogP contribution in [0.4, 0.5) is 0 Å². The van der Waals surface area contributed by atoms with Crippen molar-refractivity contribution in [1.29, 1.82) is 0 Å². The lowest BCUT2D eigenvalue weighted by atomic mass is 10.2. The molecule has 0 aliphatic rings. The molecule has 1 N–H and O–H groups in total. The summed E-state index contributed by atoms with van der Waals surface area (Å²) in [5, 5.41) is 3.31. The molecular formula is C15H27NO2. The molecule has 0 amide bonds. The number of hydrogen-bond donors (Lipinski definition) is 1. The molecule has 0 radical (unpaired) electrons. The van der Waals surface area contributed by atoms with Crippen molar-refractivity contribution in [2.45, 2.75) is 59.6 Å². The van der Waals surface area contributed by atoms with Gasteiger partial charge in [-0.15, -0.1) is 0 Å². The van der Waals surface area contributed by atoms with E-state index in [1.54, 1.807) is 0 Å². The monoisotopic (exact) mass is 253 g/mol. The molecule has 18 heavy (non-hydrogen) atoms. The maximum atomic E-state index is 5.67. The Labute approximate surface area is 111 Å². The van der Waals surface area contributed by atoms with Crippen molar-refractivity contribution < 1.29 is 9.15 Å². The SMILES string of the molecule is CCCCCCOCc1cc(CNCC)c(C)o1. The molecule has 0 aromatic carbocycles. The highest BCUT2D eigenvalue weighted by Gasteiger charge is 2.06. The number of hydrogen-bond acceptors (Lipinski definition) is 3. The Morgan fingerprint density at radius 2 is 2.06 bits per heavy atom. The van der Waals surface area contributed by atoms with Gasteiger partial charge in [-0.05, 0) is 26.0 Å². The molecule has 0 saturated heterocycles. The molecule has 1 aromatic rings. The van der Waals surface area contributed by atoms with Crippen molar-refractivity contribution in [2.24, 2.45) is 0 Å². The highest BCUT2D eigenvalue weighted by atomic mass is 16.5. The second-order valence-corrected chi connectivity index (χ2v) is 4.69. The fraction of sp³-hybridized carbons (Fsp3) is 0.733. The van der Waals surface area contributed by atoms with Gasteiger partial charge in [0.25, 0.3) is 0 Å². The van der Waals surface area contributed by atoms with Crippen LogP contribution in [0.5, 0.6) is 0 Å². The number of ether oxygens (including phenoxy) is 1. The van der Waals surface area contributed by atoms with Crippen molar-refractivity contribution in [2.75, 3.05) is 13.2 Å². The van der Waals surface area contributed by atoms with Crippen LogP contribution >= 0.6 is 0 Å². The van der Waals surface area contributed by atoms with E-state index in [1.165, 1.54) is 24.8 Å². The number of nitrogens with one attached hydrogen (secondary N) is 1. The van der Waals surface area contributed by atoms with Crippen LogP contribution in [0.1, 0.15) is 56.6 Å². The van der Waals surface area contributed by atoms with E-state index in [0.717, 1.165) is 37.6 Å². The zero-order chi connectivity index (χ0) is 13.2. The quantitative estimate of drug-likeness (QED) is 0.644. The first-order chi connectivity index (χ1) is 8.77. The Morgan fingerprint density at radius 3 is 2.78 bits per heavy atom. The second-order valence-electron chi connectivity index (χ2n) is 4.69. The average Bonchev–Trinajstić information content (AvgIpc) is 2.72. The Balaban J connectivity index is 2.21. The van der Waals surface area contributed by atoms with Gasteiger partial charge in [-0.1, -0.05) is 33.1 Å². The van der Waals surface area contributed by atoms with Gasteiger partial charge in [-0.3, -0.25) is 0 Å². The van der Waals surface area contributed by atoms with E-state index < -0.39 is 0 Å². The Bertz CT molecular complexity index is 320. The first-order valence-corrected chi connectivity index (χ1v) is 7.14. The van der Waals surface area contributed by atoms with Gasteiger partial charge >= 0.3 is 0 Å². The van der Waals surface area contributed by atoms with Crippen LogP contribution < -0.4 is 5.32 Å². The van der Waals surface area contributed by atoms with E-state index >= 15 is 0 Å². The highest BCUT2D eigenvalue weighted by molar-refractivity contribution is 5.20. The van der Waals surface area contributed by atoms with Crippen LogP contribution in [-0.2, 0) is 17.9 Å². The van der Waals surface area contributed by atoms with E-state index in [4.69, 9.17) is 9.15 Å². The maximum absolute atomic E-state index is 5.67. The minimum atomic E-state index is 0.596. The number of rotatable bonds is 10. The molecule has 0 saturated carbocycles. The second kappa shape index (κ2) is 9.17. The van der Waals surface area contributed by atoms with E-state index in [2.05, 4.69) is 25.2 Å². The Morgan fingerprint density at radius 1 is 1.22 bits per heavy atom. The molecule has 0 spiro atoms. The first-order valence-electron chi connectivity index (χ1n) is 7.14.